The molecular formula is C9H11ClN4O2S. The van der Waals surface area contributed by atoms with Crippen LogP contribution in [0.1, 0.15) is 6.42 Å². The fourth-order valence-corrected chi connectivity index (χ4v) is 2.73. The molecule has 0 bridgehead atoms. The Bertz CT molecular complexity index is 526. The normalized spacial score (nSPS) is 10.9. The van der Waals surface area contributed by atoms with Gasteiger partial charge in [0.05, 0.1) is 5.02 Å². The van der Waals surface area contributed by atoms with Gasteiger partial charge in [0.1, 0.15) is 4.90 Å². The number of nitrogens with zero attached hydrogens (tertiary/aromatic N) is 3. The molecule has 0 spiro atoms. The van der Waals surface area contributed by atoms with Crippen molar-refractivity contribution >= 4 is 21.6 Å². The molecule has 1 rings (SSSR count). The molecule has 0 radical (unpaired) electrons. The maximum atomic E-state index is 11.8. The average molecular weight is 275 g/mol. The second-order valence-corrected chi connectivity index (χ2v) is 5.28. The van der Waals surface area contributed by atoms with Crippen molar-refractivity contribution in [1.82, 2.24) is 4.72 Å². The molecule has 0 aliphatic carbocycles. The van der Waals surface area contributed by atoms with Crippen LogP contribution in [0.3, 0.4) is 0 Å². The third kappa shape index (κ3) is 4.24. The maximum absolute atomic E-state index is 11.8. The number of azide groups is 1. The van der Waals surface area contributed by atoms with Crippen molar-refractivity contribution in [3.05, 3.63) is 39.7 Å². The lowest BCUT2D eigenvalue weighted by molar-refractivity contribution is 0.579. The van der Waals surface area contributed by atoms with E-state index in [1.54, 1.807) is 12.1 Å². The van der Waals surface area contributed by atoms with Gasteiger partial charge in [0.2, 0.25) is 10.0 Å². The van der Waals surface area contributed by atoms with Crippen molar-refractivity contribution in [3.63, 3.8) is 0 Å². The van der Waals surface area contributed by atoms with Crippen LogP contribution in [-0.2, 0) is 10.0 Å². The van der Waals surface area contributed by atoms with Crippen LogP contribution >= 0.6 is 11.6 Å². The Kier molecular flexibility index (Phi) is 5.24. The van der Waals surface area contributed by atoms with Crippen LogP contribution in [0.4, 0.5) is 0 Å². The molecule has 8 heteroatoms. The zero-order valence-corrected chi connectivity index (χ0v) is 10.4. The fraction of sp³-hybridized carbons (Fsp3) is 0.333. The summed E-state index contributed by atoms with van der Waals surface area (Å²) >= 11 is 5.79. The largest absolute Gasteiger partial charge is 0.242 e. The van der Waals surface area contributed by atoms with E-state index in [2.05, 4.69) is 14.7 Å². The van der Waals surface area contributed by atoms with E-state index in [9.17, 15) is 8.42 Å². The summed E-state index contributed by atoms with van der Waals surface area (Å²) in [5.41, 5.74) is 8.04. The van der Waals surface area contributed by atoms with E-state index in [1.807, 2.05) is 0 Å². The van der Waals surface area contributed by atoms with Gasteiger partial charge in [0, 0.05) is 18.0 Å². The molecule has 0 amide bonds. The molecule has 0 aromatic heterocycles. The molecule has 1 N–H and O–H groups in total. The van der Waals surface area contributed by atoms with Crippen LogP contribution in [0.5, 0.6) is 0 Å². The van der Waals surface area contributed by atoms with Gasteiger partial charge in [0.15, 0.2) is 0 Å². The summed E-state index contributed by atoms with van der Waals surface area (Å²) in [4.78, 5) is 2.62. The highest BCUT2D eigenvalue weighted by Gasteiger charge is 2.15. The molecule has 92 valence electrons. The quantitative estimate of drug-likeness (QED) is 0.373. The number of nitrogens with one attached hydrogen (secondary N) is 1. The van der Waals surface area contributed by atoms with Crippen molar-refractivity contribution in [2.45, 2.75) is 11.3 Å². The minimum absolute atomic E-state index is 0.0467. The molecule has 6 nitrogen and oxygen atoms in total. The maximum Gasteiger partial charge on any atom is 0.242 e. The summed E-state index contributed by atoms with van der Waals surface area (Å²) in [6.07, 6.45) is 0.438. The Morgan fingerprint density at radius 3 is 2.76 bits per heavy atom. The van der Waals surface area contributed by atoms with Crippen LogP contribution in [0.25, 0.3) is 10.4 Å². The van der Waals surface area contributed by atoms with E-state index in [1.165, 1.54) is 12.1 Å². The molecule has 0 saturated carbocycles. The van der Waals surface area contributed by atoms with Gasteiger partial charge >= 0.3 is 0 Å². The monoisotopic (exact) mass is 274 g/mol. The standard InChI is InChI=1S/C9H11ClN4O2S/c10-8-4-1-2-5-9(8)17(15,16)13-7-3-6-12-14-11/h1-2,4-5,13H,3,6-7H2. The van der Waals surface area contributed by atoms with E-state index in [0.717, 1.165) is 0 Å². The number of benzene rings is 1. The molecule has 0 aliphatic heterocycles. The highest BCUT2D eigenvalue weighted by Crippen LogP contribution is 2.19. The van der Waals surface area contributed by atoms with Gasteiger partial charge in [-0.3, -0.25) is 0 Å². The number of rotatable bonds is 6. The summed E-state index contributed by atoms with van der Waals surface area (Å²) in [5.74, 6) is 0. The Balaban J connectivity index is 2.64. The molecule has 0 heterocycles. The molecular weight excluding hydrogens is 264 g/mol. The zero-order valence-electron chi connectivity index (χ0n) is 8.88. The predicted molar refractivity (Wildman–Crippen MR) is 65.3 cm³/mol. The van der Waals surface area contributed by atoms with Gasteiger partial charge in [-0.25, -0.2) is 13.1 Å². The molecule has 0 aliphatic rings. The van der Waals surface area contributed by atoms with E-state index < -0.39 is 10.0 Å². The molecule has 1 aromatic rings. The number of hydrogen-bond donors (Lipinski definition) is 1. The van der Waals surface area contributed by atoms with Gasteiger partial charge in [-0.2, -0.15) is 0 Å². The first-order valence-electron chi connectivity index (χ1n) is 4.83. The van der Waals surface area contributed by atoms with Crippen molar-refractivity contribution in [2.24, 2.45) is 5.11 Å². The fourth-order valence-electron chi connectivity index (χ4n) is 1.14. The van der Waals surface area contributed by atoms with E-state index in [4.69, 9.17) is 17.1 Å². The van der Waals surface area contributed by atoms with Crippen LogP contribution in [-0.4, -0.2) is 21.5 Å². The Hall–Kier alpha value is -1.27. The van der Waals surface area contributed by atoms with Crippen LogP contribution < -0.4 is 4.72 Å². The first-order valence-corrected chi connectivity index (χ1v) is 6.69. The second-order valence-electron chi connectivity index (χ2n) is 3.14. The second kappa shape index (κ2) is 6.46. The summed E-state index contributed by atoms with van der Waals surface area (Å²) < 4.78 is 26.0. The molecule has 0 unspecified atom stereocenters. The lowest BCUT2D eigenvalue weighted by atomic mass is 10.4. The van der Waals surface area contributed by atoms with Crippen LogP contribution in [0.15, 0.2) is 34.3 Å². The molecule has 0 fully saturated rings. The van der Waals surface area contributed by atoms with Crippen LogP contribution in [0.2, 0.25) is 5.02 Å². The Morgan fingerprint density at radius 1 is 1.41 bits per heavy atom. The summed E-state index contributed by atoms with van der Waals surface area (Å²) in [6.45, 7) is 0.452. The van der Waals surface area contributed by atoms with Gasteiger partial charge in [-0.1, -0.05) is 28.8 Å². The van der Waals surface area contributed by atoms with Gasteiger partial charge in [-0.15, -0.1) is 0 Å². The molecule has 1 aromatic carbocycles. The Morgan fingerprint density at radius 2 is 2.12 bits per heavy atom. The summed E-state index contributed by atoms with van der Waals surface area (Å²) in [5, 5.41) is 3.48. The van der Waals surface area contributed by atoms with Crippen molar-refractivity contribution < 1.29 is 8.42 Å². The number of halogens is 1. The highest BCUT2D eigenvalue weighted by molar-refractivity contribution is 7.89. The highest BCUT2D eigenvalue weighted by atomic mass is 35.5. The SMILES string of the molecule is [N-]=[N+]=NCCCNS(=O)(=O)c1ccccc1Cl. The molecule has 0 atom stereocenters. The lowest BCUT2D eigenvalue weighted by Crippen LogP contribution is -2.25. The lowest BCUT2D eigenvalue weighted by Gasteiger charge is -2.07. The minimum Gasteiger partial charge on any atom is -0.211 e. The topological polar surface area (TPSA) is 94.9 Å². The first kappa shape index (κ1) is 13.8. The predicted octanol–water partition coefficient (Wildman–Crippen LogP) is 2.32. The van der Waals surface area contributed by atoms with Crippen molar-refractivity contribution in [2.75, 3.05) is 13.1 Å². The number of sulfonamides is 1. The van der Waals surface area contributed by atoms with Crippen LogP contribution in [0, 0.1) is 0 Å². The van der Waals surface area contributed by atoms with Gasteiger partial charge in [0.25, 0.3) is 0 Å². The molecule has 17 heavy (non-hydrogen) atoms. The first-order chi connectivity index (χ1) is 8.08. The third-order valence-electron chi connectivity index (χ3n) is 1.92. The van der Waals surface area contributed by atoms with Gasteiger partial charge in [-0.05, 0) is 24.1 Å². The van der Waals surface area contributed by atoms with Crippen molar-refractivity contribution in [3.8, 4) is 0 Å². The molecule has 0 saturated heterocycles. The van der Waals surface area contributed by atoms with E-state index in [-0.39, 0.29) is 23.0 Å². The number of hydrogen-bond acceptors (Lipinski definition) is 3. The van der Waals surface area contributed by atoms with E-state index >= 15 is 0 Å². The average Bonchev–Trinajstić information content (AvgIpc) is 2.29. The summed E-state index contributed by atoms with van der Waals surface area (Å²) in [7, 11) is -3.59. The van der Waals surface area contributed by atoms with Gasteiger partial charge < -0.3 is 0 Å². The van der Waals surface area contributed by atoms with Crippen molar-refractivity contribution in [1.29, 1.82) is 0 Å². The van der Waals surface area contributed by atoms with E-state index in [0.29, 0.717) is 6.42 Å². The minimum atomic E-state index is -3.59. The zero-order chi connectivity index (χ0) is 12.7. The smallest absolute Gasteiger partial charge is 0.211 e. The third-order valence-corrected chi connectivity index (χ3v) is 3.88. The Labute approximate surface area is 104 Å². The summed E-state index contributed by atoms with van der Waals surface area (Å²) in [6, 6.07) is 6.19.